The third-order valence-corrected chi connectivity index (χ3v) is 12.8. The van der Waals surface area contributed by atoms with Crippen LogP contribution in [-0.2, 0) is 6.42 Å². The summed E-state index contributed by atoms with van der Waals surface area (Å²) in [5.74, 6) is 0.700. The van der Waals surface area contributed by atoms with Crippen LogP contribution in [0, 0.1) is 0 Å². The van der Waals surface area contributed by atoms with E-state index >= 15 is 0 Å². The molecule has 7 aromatic carbocycles. The Morgan fingerprint density at radius 2 is 1.11 bits per heavy atom. The van der Waals surface area contributed by atoms with Crippen LogP contribution in [-0.4, -0.2) is 19.1 Å². The van der Waals surface area contributed by atoms with Crippen LogP contribution in [0.3, 0.4) is 0 Å². The largest absolute Gasteiger partial charge is 0.309 e. The Balaban J connectivity index is 0.893. The fourth-order valence-electron chi connectivity index (χ4n) is 9.72. The highest BCUT2D eigenvalue weighted by atomic mass is 15.2. The average molecular weight is 795 g/mol. The van der Waals surface area contributed by atoms with Crippen molar-refractivity contribution in [3.8, 4) is 45.1 Å². The van der Waals surface area contributed by atoms with Crippen LogP contribution in [0.25, 0.3) is 95.1 Å². The van der Waals surface area contributed by atoms with E-state index < -0.39 is 0 Å². The number of aromatic nitrogens is 4. The standard InChI is InChI=1S/C58H42N4/c1-3-12-39(13-4-1)41-22-24-43(25-23-41)44-16-11-17-47(36-44)53-34-35-59-58(60-53)62-55-21-10-8-19-50(55)52-38-46(29-33-57(52)62)45-28-32-56-51(37-45)49-18-7-9-20-54(49)61(56)48-30-26-42(27-31-48)40-14-5-2-6-15-40/h2-3,5-28,30-32,34-38H,1,4,29,33H2. The molecule has 0 fully saturated rings. The van der Waals surface area contributed by atoms with Gasteiger partial charge in [0.05, 0.1) is 22.2 Å². The van der Waals surface area contributed by atoms with Gasteiger partial charge in [-0.2, -0.15) is 0 Å². The predicted octanol–water partition coefficient (Wildman–Crippen LogP) is 14.7. The van der Waals surface area contributed by atoms with Gasteiger partial charge < -0.3 is 4.57 Å². The zero-order valence-corrected chi connectivity index (χ0v) is 34.2. The minimum Gasteiger partial charge on any atom is -0.309 e. The van der Waals surface area contributed by atoms with E-state index in [-0.39, 0.29) is 0 Å². The molecule has 62 heavy (non-hydrogen) atoms. The molecule has 12 rings (SSSR count). The highest BCUT2D eigenvalue weighted by Crippen LogP contribution is 2.41. The topological polar surface area (TPSA) is 35.6 Å². The van der Waals surface area contributed by atoms with Crippen molar-refractivity contribution in [2.75, 3.05) is 0 Å². The molecular weight excluding hydrogens is 753 g/mol. The number of fused-ring (bicyclic) bond motifs is 6. The highest BCUT2D eigenvalue weighted by molar-refractivity contribution is 6.10. The molecule has 4 heteroatoms. The zero-order chi connectivity index (χ0) is 41.0. The third kappa shape index (κ3) is 6.22. The number of hydrogen-bond donors (Lipinski definition) is 0. The summed E-state index contributed by atoms with van der Waals surface area (Å²) in [6.07, 6.45) is 15.2. The van der Waals surface area contributed by atoms with Crippen molar-refractivity contribution >= 4 is 49.9 Å². The molecule has 3 heterocycles. The lowest BCUT2D eigenvalue weighted by Gasteiger charge is -2.17. The molecule has 3 aromatic heterocycles. The van der Waals surface area contributed by atoms with Crippen molar-refractivity contribution in [2.24, 2.45) is 0 Å². The van der Waals surface area contributed by atoms with E-state index in [1.165, 1.54) is 83.0 Å². The highest BCUT2D eigenvalue weighted by Gasteiger charge is 2.24. The van der Waals surface area contributed by atoms with E-state index in [0.717, 1.165) is 48.1 Å². The van der Waals surface area contributed by atoms with Crippen LogP contribution in [0.15, 0.2) is 200 Å². The van der Waals surface area contributed by atoms with Crippen LogP contribution >= 0.6 is 0 Å². The zero-order valence-electron chi connectivity index (χ0n) is 34.2. The maximum Gasteiger partial charge on any atom is 0.234 e. The summed E-state index contributed by atoms with van der Waals surface area (Å²) in [5, 5.41) is 3.74. The van der Waals surface area contributed by atoms with Gasteiger partial charge in [0, 0.05) is 44.9 Å². The molecule has 2 aliphatic rings. The summed E-state index contributed by atoms with van der Waals surface area (Å²) >= 11 is 0. The molecule has 294 valence electrons. The fourth-order valence-corrected chi connectivity index (χ4v) is 9.72. The normalized spacial score (nSPS) is 13.7. The number of benzene rings is 7. The SMILES string of the molecule is C1=CC(c2ccc(-c3cccc(-c4ccnc(-n5c6c(c7ccccc75)C=C(c5ccc7c(c5)c5ccccc5n7-c5ccc(-c7ccccc7)cc5)CC6)n4)c3)cc2)=CCC1. The lowest BCUT2D eigenvalue weighted by atomic mass is 9.90. The molecule has 0 unspecified atom stereocenters. The maximum absolute atomic E-state index is 5.26. The van der Waals surface area contributed by atoms with Crippen molar-refractivity contribution in [3.05, 3.63) is 223 Å². The van der Waals surface area contributed by atoms with E-state index in [1.54, 1.807) is 0 Å². The summed E-state index contributed by atoms with van der Waals surface area (Å²) in [7, 11) is 0. The average Bonchev–Trinajstić information content (AvgIpc) is 3.87. The summed E-state index contributed by atoms with van der Waals surface area (Å²) in [5.41, 5.74) is 19.2. The summed E-state index contributed by atoms with van der Waals surface area (Å²) in [6.45, 7) is 0. The van der Waals surface area contributed by atoms with Gasteiger partial charge in [-0.25, -0.2) is 9.97 Å². The number of allylic oxidation sites excluding steroid dienone is 5. The molecule has 0 bridgehead atoms. The number of rotatable bonds is 7. The molecule has 0 saturated carbocycles. The van der Waals surface area contributed by atoms with Crippen molar-refractivity contribution in [2.45, 2.75) is 25.7 Å². The predicted molar refractivity (Wildman–Crippen MR) is 258 cm³/mol. The number of nitrogens with zero attached hydrogens (tertiary/aromatic N) is 4. The van der Waals surface area contributed by atoms with Gasteiger partial charge in [0.1, 0.15) is 0 Å². The fraction of sp³-hybridized carbons (Fsp3) is 0.0690. The van der Waals surface area contributed by atoms with Crippen LogP contribution in [0.1, 0.15) is 41.6 Å². The third-order valence-electron chi connectivity index (χ3n) is 12.8. The van der Waals surface area contributed by atoms with E-state index in [1.807, 2.05) is 12.3 Å². The first-order valence-corrected chi connectivity index (χ1v) is 21.7. The molecule has 0 amide bonds. The Bertz CT molecular complexity index is 3430. The first kappa shape index (κ1) is 36.1. The van der Waals surface area contributed by atoms with Crippen LogP contribution in [0.4, 0.5) is 0 Å². The Labute approximate surface area is 361 Å². The minimum absolute atomic E-state index is 0.700. The summed E-state index contributed by atoms with van der Waals surface area (Å²) in [6, 6.07) is 63.7. The molecule has 0 radical (unpaired) electrons. The molecule has 0 saturated heterocycles. The van der Waals surface area contributed by atoms with Crippen molar-refractivity contribution < 1.29 is 0 Å². The Morgan fingerprint density at radius 1 is 0.452 bits per heavy atom. The van der Waals surface area contributed by atoms with Gasteiger partial charge in [-0.3, -0.25) is 4.57 Å². The van der Waals surface area contributed by atoms with Crippen LogP contribution < -0.4 is 0 Å². The minimum atomic E-state index is 0.700. The van der Waals surface area contributed by atoms with Crippen molar-refractivity contribution in [1.82, 2.24) is 19.1 Å². The summed E-state index contributed by atoms with van der Waals surface area (Å²) in [4.78, 5) is 10.2. The molecule has 4 nitrogen and oxygen atoms in total. The van der Waals surface area contributed by atoms with Gasteiger partial charge in [0.25, 0.3) is 0 Å². The maximum atomic E-state index is 5.26. The van der Waals surface area contributed by atoms with Gasteiger partial charge in [-0.1, -0.05) is 146 Å². The molecule has 0 aliphatic heterocycles. The number of hydrogen-bond acceptors (Lipinski definition) is 2. The van der Waals surface area contributed by atoms with Crippen molar-refractivity contribution in [3.63, 3.8) is 0 Å². The molecule has 10 aromatic rings. The van der Waals surface area contributed by atoms with Crippen LogP contribution in [0.5, 0.6) is 0 Å². The van der Waals surface area contributed by atoms with Gasteiger partial charge >= 0.3 is 0 Å². The van der Waals surface area contributed by atoms with E-state index in [2.05, 4.69) is 203 Å². The Hall–Kier alpha value is -7.82. The lowest BCUT2D eigenvalue weighted by molar-refractivity contribution is 0.853. The smallest absolute Gasteiger partial charge is 0.234 e. The second kappa shape index (κ2) is 15.0. The number of para-hydroxylation sites is 2. The Morgan fingerprint density at radius 3 is 1.94 bits per heavy atom. The van der Waals surface area contributed by atoms with Gasteiger partial charge in [0.15, 0.2) is 0 Å². The van der Waals surface area contributed by atoms with E-state index in [0.29, 0.717) is 5.95 Å². The molecule has 0 N–H and O–H groups in total. The monoisotopic (exact) mass is 794 g/mol. The molecule has 2 aliphatic carbocycles. The molecule has 0 spiro atoms. The second-order valence-corrected chi connectivity index (χ2v) is 16.4. The first-order valence-electron chi connectivity index (χ1n) is 21.7. The van der Waals surface area contributed by atoms with Crippen molar-refractivity contribution in [1.29, 1.82) is 0 Å². The molecular formula is C58H42N4. The second-order valence-electron chi connectivity index (χ2n) is 16.4. The lowest BCUT2D eigenvalue weighted by Crippen LogP contribution is -2.08. The Kier molecular flexibility index (Phi) is 8.74. The van der Waals surface area contributed by atoms with E-state index in [4.69, 9.17) is 9.97 Å². The van der Waals surface area contributed by atoms with Gasteiger partial charge in [0.2, 0.25) is 5.95 Å². The molecule has 0 atom stereocenters. The van der Waals surface area contributed by atoms with Gasteiger partial charge in [-0.15, -0.1) is 0 Å². The van der Waals surface area contributed by atoms with Gasteiger partial charge in [-0.05, 0) is 125 Å². The first-order chi connectivity index (χ1) is 30.7. The van der Waals surface area contributed by atoms with E-state index in [9.17, 15) is 0 Å². The summed E-state index contributed by atoms with van der Waals surface area (Å²) < 4.78 is 4.69. The van der Waals surface area contributed by atoms with Crippen LogP contribution in [0.2, 0.25) is 0 Å². The quantitative estimate of drug-likeness (QED) is 0.161.